The van der Waals surface area contributed by atoms with Crippen LogP contribution in [0.5, 0.6) is 0 Å². The second kappa shape index (κ2) is 8.76. The number of methoxy groups -OCH3 is 1. The molecule has 3 heterocycles. The quantitative estimate of drug-likeness (QED) is 0.396. The summed E-state index contributed by atoms with van der Waals surface area (Å²) in [7, 11) is 5.68. The van der Waals surface area contributed by atoms with Crippen molar-refractivity contribution in [1.82, 2.24) is 19.8 Å². The zero-order valence-corrected chi connectivity index (χ0v) is 19.9. The molecule has 0 spiro atoms. The number of carbonyl (C=O) groups is 2. The van der Waals surface area contributed by atoms with Gasteiger partial charge < -0.3 is 19.2 Å². The van der Waals surface area contributed by atoms with E-state index in [0.29, 0.717) is 33.8 Å². The van der Waals surface area contributed by atoms with Gasteiger partial charge in [0.2, 0.25) is 0 Å². The van der Waals surface area contributed by atoms with Crippen LogP contribution in [-0.4, -0.2) is 60.1 Å². The van der Waals surface area contributed by atoms with Gasteiger partial charge in [0.05, 0.1) is 34.3 Å². The maximum absolute atomic E-state index is 13.1. The Labute approximate surface area is 201 Å². The van der Waals surface area contributed by atoms with Crippen LogP contribution in [-0.2, 0) is 20.9 Å². The van der Waals surface area contributed by atoms with Crippen LogP contribution < -0.4 is 5.32 Å². The molecule has 2 amide bonds. The number of H-pyrrole nitrogens is 1. The molecule has 0 bridgehead atoms. The molecule has 4 aromatic rings. The highest BCUT2D eigenvalue weighted by atomic mass is 35.5. The Bertz CT molecular complexity index is 1460. The van der Waals surface area contributed by atoms with Gasteiger partial charge in [0.25, 0.3) is 11.8 Å². The minimum Gasteiger partial charge on any atom is -0.378 e. The molecule has 0 radical (unpaired) electrons. The number of amides is 2. The van der Waals surface area contributed by atoms with Gasteiger partial charge in [-0.25, -0.2) is 0 Å². The standard InChI is InChI=1S/C26H25ClN4O3/c1-30(2)12-15(34-3)13-31-14-18(22-19(27)8-6-10-21(22)31)24-23(25(32)29-26(24)33)17-11-28-20-9-5-4-7-16(17)20/h4-11,14-15,28H,12-13H2,1-3H3,(H,29,32,33). The van der Waals surface area contributed by atoms with Crippen LogP contribution in [0.2, 0.25) is 5.02 Å². The maximum atomic E-state index is 13.1. The first-order chi connectivity index (χ1) is 16.4. The molecule has 174 valence electrons. The number of halogens is 1. The number of rotatable bonds is 7. The number of para-hydroxylation sites is 1. The van der Waals surface area contributed by atoms with Crippen LogP contribution in [0, 0.1) is 0 Å². The lowest BCUT2D eigenvalue weighted by Crippen LogP contribution is -2.31. The van der Waals surface area contributed by atoms with E-state index in [4.69, 9.17) is 16.3 Å². The van der Waals surface area contributed by atoms with Crippen molar-refractivity contribution in [1.29, 1.82) is 0 Å². The zero-order valence-electron chi connectivity index (χ0n) is 19.2. The summed E-state index contributed by atoms with van der Waals surface area (Å²) in [5.74, 6) is -0.846. The SMILES string of the molecule is COC(CN(C)C)Cn1cc(C2=C(c3c[nH]c4ccccc34)C(=O)NC2=O)c2c(Cl)cccc21. The van der Waals surface area contributed by atoms with Crippen LogP contribution in [0.3, 0.4) is 0 Å². The van der Waals surface area contributed by atoms with Gasteiger partial charge in [-0.3, -0.25) is 14.9 Å². The van der Waals surface area contributed by atoms with Crippen molar-refractivity contribution in [2.45, 2.75) is 12.6 Å². The molecule has 2 N–H and O–H groups in total. The number of hydrogen-bond donors (Lipinski definition) is 2. The van der Waals surface area contributed by atoms with E-state index in [1.54, 1.807) is 19.4 Å². The molecule has 34 heavy (non-hydrogen) atoms. The molecule has 0 fully saturated rings. The Kier molecular flexibility index (Phi) is 5.77. The second-order valence-electron chi connectivity index (χ2n) is 8.73. The summed E-state index contributed by atoms with van der Waals surface area (Å²) < 4.78 is 7.75. The van der Waals surface area contributed by atoms with Gasteiger partial charge >= 0.3 is 0 Å². The molecule has 5 rings (SSSR count). The third-order valence-corrected chi connectivity index (χ3v) is 6.53. The molecule has 1 unspecified atom stereocenters. The van der Waals surface area contributed by atoms with Gasteiger partial charge in [-0.15, -0.1) is 0 Å². The van der Waals surface area contributed by atoms with Crippen molar-refractivity contribution in [3.05, 3.63) is 71.0 Å². The summed E-state index contributed by atoms with van der Waals surface area (Å²) in [4.78, 5) is 31.4. The molecular formula is C26H25ClN4O3. The fraction of sp³-hybridized carbons (Fsp3) is 0.231. The summed E-state index contributed by atoms with van der Waals surface area (Å²) in [6.07, 6.45) is 3.61. The van der Waals surface area contributed by atoms with Gasteiger partial charge in [0.15, 0.2) is 0 Å². The molecule has 0 saturated carbocycles. The van der Waals surface area contributed by atoms with Gasteiger partial charge in [-0.2, -0.15) is 0 Å². The number of nitrogens with zero attached hydrogens (tertiary/aromatic N) is 2. The van der Waals surface area contributed by atoms with E-state index >= 15 is 0 Å². The topological polar surface area (TPSA) is 79.4 Å². The number of nitrogens with one attached hydrogen (secondary N) is 2. The predicted molar refractivity (Wildman–Crippen MR) is 135 cm³/mol. The number of likely N-dealkylation sites (N-methyl/N-ethyl adjacent to an activating group) is 1. The molecule has 8 heteroatoms. The Morgan fingerprint density at radius 3 is 2.50 bits per heavy atom. The fourth-order valence-corrected chi connectivity index (χ4v) is 5.00. The van der Waals surface area contributed by atoms with Crippen molar-refractivity contribution in [3.8, 4) is 0 Å². The lowest BCUT2D eigenvalue weighted by molar-refractivity contribution is -0.122. The lowest BCUT2D eigenvalue weighted by Gasteiger charge is -2.20. The highest BCUT2D eigenvalue weighted by Gasteiger charge is 2.35. The second-order valence-corrected chi connectivity index (χ2v) is 9.14. The first kappa shape index (κ1) is 22.4. The van der Waals surface area contributed by atoms with Crippen molar-refractivity contribution in [2.75, 3.05) is 27.7 Å². The molecule has 0 saturated heterocycles. The van der Waals surface area contributed by atoms with E-state index in [-0.39, 0.29) is 6.10 Å². The monoisotopic (exact) mass is 476 g/mol. The van der Waals surface area contributed by atoms with Gasteiger partial charge in [-0.05, 0) is 32.3 Å². The number of imide groups is 1. The summed E-state index contributed by atoms with van der Waals surface area (Å²) in [5, 5.41) is 4.62. The highest BCUT2D eigenvalue weighted by Crippen LogP contribution is 2.40. The minimum absolute atomic E-state index is 0.0708. The highest BCUT2D eigenvalue weighted by molar-refractivity contribution is 6.51. The zero-order chi connectivity index (χ0) is 24.0. The van der Waals surface area contributed by atoms with Crippen molar-refractivity contribution < 1.29 is 14.3 Å². The smallest absolute Gasteiger partial charge is 0.259 e. The molecule has 1 aliphatic rings. The normalized spacial score (nSPS) is 15.2. The number of aromatic nitrogens is 2. The average Bonchev–Trinajstić information content (AvgIpc) is 3.46. The minimum atomic E-state index is -0.430. The average molecular weight is 477 g/mol. The maximum Gasteiger partial charge on any atom is 0.259 e. The summed E-state index contributed by atoms with van der Waals surface area (Å²) in [6, 6.07) is 13.3. The van der Waals surface area contributed by atoms with E-state index in [0.717, 1.165) is 28.4 Å². The van der Waals surface area contributed by atoms with E-state index in [1.165, 1.54) is 0 Å². The van der Waals surface area contributed by atoms with Crippen molar-refractivity contribution >= 4 is 56.4 Å². The fourth-order valence-electron chi connectivity index (χ4n) is 4.73. The van der Waals surface area contributed by atoms with Crippen LogP contribution in [0.4, 0.5) is 0 Å². The molecule has 0 aliphatic carbocycles. The molecule has 2 aromatic heterocycles. The summed E-state index contributed by atoms with van der Waals surface area (Å²) in [6.45, 7) is 1.30. The van der Waals surface area contributed by atoms with Gasteiger partial charge in [0.1, 0.15) is 0 Å². The van der Waals surface area contributed by atoms with Crippen LogP contribution >= 0.6 is 11.6 Å². The van der Waals surface area contributed by atoms with Gasteiger partial charge in [-0.1, -0.05) is 35.9 Å². The number of fused-ring (bicyclic) bond motifs is 2. The predicted octanol–water partition coefficient (Wildman–Crippen LogP) is 3.92. The van der Waals surface area contributed by atoms with Crippen molar-refractivity contribution in [3.63, 3.8) is 0 Å². The number of hydrogen-bond acceptors (Lipinski definition) is 4. The first-order valence-corrected chi connectivity index (χ1v) is 11.4. The third kappa shape index (κ3) is 3.72. The van der Waals surface area contributed by atoms with Crippen LogP contribution in [0.25, 0.3) is 33.0 Å². The van der Waals surface area contributed by atoms with Gasteiger partial charge in [0, 0.05) is 53.5 Å². The molecule has 7 nitrogen and oxygen atoms in total. The van der Waals surface area contributed by atoms with E-state index in [1.807, 2.05) is 61.3 Å². The molecule has 1 atom stereocenters. The van der Waals surface area contributed by atoms with E-state index in [9.17, 15) is 9.59 Å². The Balaban J connectivity index is 1.74. The number of carbonyl (C=O) groups excluding carboxylic acids is 2. The van der Waals surface area contributed by atoms with Crippen molar-refractivity contribution in [2.24, 2.45) is 0 Å². The van der Waals surface area contributed by atoms with E-state index in [2.05, 4.69) is 15.2 Å². The summed E-state index contributed by atoms with van der Waals surface area (Å²) in [5.41, 5.74) is 3.75. The molecule has 2 aromatic carbocycles. The summed E-state index contributed by atoms with van der Waals surface area (Å²) >= 11 is 6.66. The largest absolute Gasteiger partial charge is 0.378 e. The van der Waals surface area contributed by atoms with E-state index < -0.39 is 11.8 Å². The Morgan fingerprint density at radius 2 is 1.76 bits per heavy atom. The number of aromatic amines is 1. The van der Waals surface area contributed by atoms with Crippen LogP contribution in [0.1, 0.15) is 11.1 Å². The lowest BCUT2D eigenvalue weighted by atomic mass is 9.95. The molecular weight excluding hydrogens is 452 g/mol. The number of ether oxygens (including phenoxy) is 1. The Hall–Kier alpha value is -3.39. The molecule has 1 aliphatic heterocycles. The Morgan fingerprint density at radius 1 is 1.03 bits per heavy atom. The number of benzene rings is 2. The first-order valence-electron chi connectivity index (χ1n) is 11.0. The van der Waals surface area contributed by atoms with Crippen LogP contribution in [0.15, 0.2) is 54.9 Å². The third-order valence-electron chi connectivity index (χ3n) is 6.22.